The molecule has 0 aromatic carbocycles. The molecule has 2 fully saturated rings. The molecule has 2 aliphatic rings. The first kappa shape index (κ1) is 8.48. The van der Waals surface area contributed by atoms with E-state index < -0.39 is 0 Å². The predicted octanol–water partition coefficient (Wildman–Crippen LogP) is -0.198. The molecular weight excluding hydrogens is 152 g/mol. The molecule has 2 bridgehead atoms. The molecule has 0 amide bonds. The summed E-state index contributed by atoms with van der Waals surface area (Å²) in [4.78, 5) is 2.45. The van der Waals surface area contributed by atoms with Crippen LogP contribution in [0.25, 0.3) is 0 Å². The fourth-order valence-electron chi connectivity index (χ4n) is 2.27. The van der Waals surface area contributed by atoms with Crippen molar-refractivity contribution in [2.45, 2.75) is 44.5 Å². The summed E-state index contributed by atoms with van der Waals surface area (Å²) in [5, 5.41) is 13.0. The van der Waals surface area contributed by atoms with Crippen LogP contribution in [0.4, 0.5) is 0 Å². The van der Waals surface area contributed by atoms with Gasteiger partial charge in [0.1, 0.15) is 0 Å². The number of aliphatic hydroxyl groups is 1. The average molecular weight is 170 g/mol. The summed E-state index contributed by atoms with van der Waals surface area (Å²) >= 11 is 0. The zero-order chi connectivity index (χ0) is 8.72. The molecule has 3 heteroatoms. The van der Waals surface area contributed by atoms with Gasteiger partial charge >= 0.3 is 0 Å². The van der Waals surface area contributed by atoms with Gasteiger partial charge in [0.25, 0.3) is 0 Å². The van der Waals surface area contributed by atoms with Crippen LogP contribution in [0.2, 0.25) is 0 Å². The molecular formula is C9H18N2O. The summed E-state index contributed by atoms with van der Waals surface area (Å²) in [7, 11) is 0. The lowest BCUT2D eigenvalue weighted by atomic mass is 10.2. The number of nitrogens with one attached hydrogen (secondary N) is 1. The molecule has 2 rings (SSSR count). The van der Waals surface area contributed by atoms with Gasteiger partial charge in [0.05, 0.1) is 6.10 Å². The second-order valence-electron chi connectivity index (χ2n) is 4.32. The average Bonchev–Trinajstić information content (AvgIpc) is 2.26. The molecule has 70 valence electrons. The molecule has 0 aromatic heterocycles. The number of likely N-dealkylation sites (tertiary alicyclic amines) is 1. The van der Waals surface area contributed by atoms with E-state index in [0.29, 0.717) is 18.1 Å². The Hall–Kier alpha value is -0.120. The molecule has 2 saturated heterocycles. The lowest BCUT2D eigenvalue weighted by Crippen LogP contribution is -2.54. The smallest absolute Gasteiger partial charge is 0.0721 e. The highest BCUT2D eigenvalue weighted by Gasteiger charge is 2.38. The maximum Gasteiger partial charge on any atom is 0.0721 e. The highest BCUT2D eigenvalue weighted by Crippen LogP contribution is 2.21. The summed E-state index contributed by atoms with van der Waals surface area (Å²) < 4.78 is 0. The van der Waals surface area contributed by atoms with Crippen molar-refractivity contribution in [3.63, 3.8) is 0 Å². The monoisotopic (exact) mass is 170 g/mol. The van der Waals surface area contributed by atoms with E-state index in [4.69, 9.17) is 0 Å². The first-order chi connectivity index (χ1) is 5.66. The third kappa shape index (κ3) is 1.37. The molecule has 2 N–H and O–H groups in total. The van der Waals surface area contributed by atoms with Gasteiger partial charge in [0.2, 0.25) is 0 Å². The van der Waals surface area contributed by atoms with E-state index in [1.165, 1.54) is 0 Å². The Bertz CT molecular complexity index is 170. The van der Waals surface area contributed by atoms with Gasteiger partial charge in [-0.15, -0.1) is 0 Å². The number of aliphatic hydroxyl groups excluding tert-OH is 1. The largest absolute Gasteiger partial charge is 0.391 e. The van der Waals surface area contributed by atoms with Gasteiger partial charge in [-0.2, -0.15) is 0 Å². The summed E-state index contributed by atoms with van der Waals surface area (Å²) in [5.41, 5.74) is 0. The highest BCUT2D eigenvalue weighted by molar-refractivity contribution is 4.98. The maximum absolute atomic E-state index is 9.61. The van der Waals surface area contributed by atoms with E-state index in [-0.39, 0.29) is 6.10 Å². The molecule has 3 nitrogen and oxygen atoms in total. The van der Waals surface area contributed by atoms with Crippen LogP contribution < -0.4 is 5.32 Å². The van der Waals surface area contributed by atoms with Crippen molar-refractivity contribution in [2.24, 2.45) is 0 Å². The van der Waals surface area contributed by atoms with Crippen LogP contribution in [0.1, 0.15) is 20.3 Å². The minimum Gasteiger partial charge on any atom is -0.391 e. The molecule has 3 atom stereocenters. The van der Waals surface area contributed by atoms with Crippen molar-refractivity contribution in [1.29, 1.82) is 0 Å². The van der Waals surface area contributed by atoms with E-state index in [9.17, 15) is 5.11 Å². The van der Waals surface area contributed by atoms with Gasteiger partial charge in [0, 0.05) is 31.2 Å². The Morgan fingerprint density at radius 1 is 1.42 bits per heavy atom. The number of nitrogens with zero attached hydrogens (tertiary/aromatic N) is 1. The van der Waals surface area contributed by atoms with Crippen molar-refractivity contribution in [3.05, 3.63) is 0 Å². The Morgan fingerprint density at radius 3 is 2.75 bits per heavy atom. The standard InChI is InChI=1S/C9H18N2O/c1-6(2)11-4-7-3-9(12)8(5-11)10-7/h6-10,12H,3-5H2,1-2H3/t7-,8-,9-/m0/s1. The topological polar surface area (TPSA) is 35.5 Å². The van der Waals surface area contributed by atoms with Gasteiger partial charge in [-0.05, 0) is 20.3 Å². The zero-order valence-corrected chi connectivity index (χ0v) is 7.83. The highest BCUT2D eigenvalue weighted by atomic mass is 16.3. The molecule has 2 heterocycles. The fourth-order valence-corrected chi connectivity index (χ4v) is 2.27. The lowest BCUT2D eigenvalue weighted by molar-refractivity contribution is 0.116. The van der Waals surface area contributed by atoms with E-state index in [0.717, 1.165) is 19.5 Å². The Labute approximate surface area is 73.8 Å². The van der Waals surface area contributed by atoms with Crippen LogP contribution in [0.5, 0.6) is 0 Å². The molecule has 0 spiro atoms. The molecule has 0 radical (unpaired) electrons. The van der Waals surface area contributed by atoms with Gasteiger partial charge < -0.3 is 10.4 Å². The van der Waals surface area contributed by atoms with Crippen LogP contribution in [-0.4, -0.2) is 47.3 Å². The van der Waals surface area contributed by atoms with Crippen molar-refractivity contribution in [3.8, 4) is 0 Å². The maximum atomic E-state index is 9.61. The Kier molecular flexibility index (Phi) is 2.10. The number of piperazine rings is 1. The molecule has 2 aliphatic heterocycles. The van der Waals surface area contributed by atoms with Crippen LogP contribution in [0.15, 0.2) is 0 Å². The van der Waals surface area contributed by atoms with Gasteiger partial charge in [-0.3, -0.25) is 4.90 Å². The van der Waals surface area contributed by atoms with E-state index >= 15 is 0 Å². The lowest BCUT2D eigenvalue weighted by Gasteiger charge is -2.35. The van der Waals surface area contributed by atoms with Crippen molar-refractivity contribution in [2.75, 3.05) is 13.1 Å². The summed E-state index contributed by atoms with van der Waals surface area (Å²) in [6.07, 6.45) is 0.826. The molecule has 0 aliphatic carbocycles. The normalized spacial score (nSPS) is 42.5. The molecule has 0 saturated carbocycles. The minimum atomic E-state index is -0.112. The van der Waals surface area contributed by atoms with Crippen molar-refractivity contribution >= 4 is 0 Å². The molecule has 12 heavy (non-hydrogen) atoms. The fraction of sp³-hybridized carbons (Fsp3) is 1.00. The van der Waals surface area contributed by atoms with Crippen LogP contribution in [0.3, 0.4) is 0 Å². The first-order valence-corrected chi connectivity index (χ1v) is 4.85. The Morgan fingerprint density at radius 2 is 2.17 bits per heavy atom. The number of rotatable bonds is 1. The minimum absolute atomic E-state index is 0.112. The SMILES string of the molecule is CC(C)N1C[C@@H]2C[C@H](O)[C@H](C1)N2. The van der Waals surface area contributed by atoms with Crippen LogP contribution in [-0.2, 0) is 0 Å². The molecule has 0 aromatic rings. The van der Waals surface area contributed by atoms with Gasteiger partial charge in [-0.25, -0.2) is 0 Å². The van der Waals surface area contributed by atoms with Crippen molar-refractivity contribution < 1.29 is 5.11 Å². The van der Waals surface area contributed by atoms with E-state index in [1.807, 2.05) is 0 Å². The molecule has 0 unspecified atom stereocenters. The third-order valence-electron chi connectivity index (χ3n) is 3.06. The second-order valence-corrected chi connectivity index (χ2v) is 4.32. The second kappa shape index (κ2) is 2.98. The summed E-state index contributed by atoms with van der Waals surface area (Å²) in [6.45, 7) is 6.55. The zero-order valence-electron chi connectivity index (χ0n) is 7.83. The number of hydrogen-bond acceptors (Lipinski definition) is 3. The summed E-state index contributed by atoms with van der Waals surface area (Å²) in [6, 6.07) is 1.47. The predicted molar refractivity (Wildman–Crippen MR) is 48.0 cm³/mol. The number of hydrogen-bond donors (Lipinski definition) is 2. The van der Waals surface area contributed by atoms with Gasteiger partial charge in [-0.1, -0.05) is 0 Å². The Balaban J connectivity index is 2.01. The third-order valence-corrected chi connectivity index (χ3v) is 3.06. The van der Waals surface area contributed by atoms with Crippen LogP contribution >= 0.6 is 0 Å². The van der Waals surface area contributed by atoms with E-state index in [2.05, 4.69) is 24.1 Å². The van der Waals surface area contributed by atoms with E-state index in [1.54, 1.807) is 0 Å². The van der Waals surface area contributed by atoms with Gasteiger partial charge in [0.15, 0.2) is 0 Å². The number of fused-ring (bicyclic) bond motifs is 2. The summed E-state index contributed by atoms with van der Waals surface area (Å²) in [5.74, 6) is 0. The van der Waals surface area contributed by atoms with Crippen molar-refractivity contribution in [1.82, 2.24) is 10.2 Å². The van der Waals surface area contributed by atoms with Crippen LogP contribution in [0, 0.1) is 0 Å². The quantitative estimate of drug-likeness (QED) is 0.572. The first-order valence-electron chi connectivity index (χ1n) is 4.85.